The van der Waals surface area contributed by atoms with E-state index in [0.717, 1.165) is 36.0 Å². The number of carboxylic acids is 1. The fourth-order valence-electron chi connectivity index (χ4n) is 13.3. The molecule has 6 bridgehead atoms. The third kappa shape index (κ3) is 26.9. The van der Waals surface area contributed by atoms with Crippen LogP contribution in [0, 0.1) is 0 Å². The molecule has 8 rings (SSSR count). The first-order chi connectivity index (χ1) is 48.5. The van der Waals surface area contributed by atoms with Gasteiger partial charge in [-0.3, -0.25) is 38.5 Å². The molecule has 101 heavy (non-hydrogen) atoms. The first-order valence-corrected chi connectivity index (χ1v) is 42.8. The van der Waals surface area contributed by atoms with Gasteiger partial charge in [0.1, 0.15) is 30.2 Å². The number of nitrogens with zero attached hydrogens (tertiary/aromatic N) is 6. The Morgan fingerprint density at radius 3 is 1.98 bits per heavy atom. The van der Waals surface area contributed by atoms with Crippen LogP contribution < -0.4 is 32.3 Å². The van der Waals surface area contributed by atoms with E-state index in [1.165, 1.54) is 23.6 Å². The van der Waals surface area contributed by atoms with Crippen LogP contribution in [0.15, 0.2) is 60.9 Å². The fraction of sp³-hybridized carbons (Fsp3) is 0.638. The van der Waals surface area contributed by atoms with Crippen LogP contribution in [-0.2, 0) is 85.0 Å². The molecule has 0 saturated carbocycles. The molecule has 9 N–H and O–H groups in total. The van der Waals surface area contributed by atoms with Gasteiger partial charge in [-0.05, 0) is 74.2 Å². The van der Waals surface area contributed by atoms with Crippen LogP contribution in [0.1, 0.15) is 113 Å². The number of primary amides is 1. The summed E-state index contributed by atoms with van der Waals surface area (Å²) in [5.41, 5.74) is 9.02. The zero-order valence-electron chi connectivity index (χ0n) is 58.2. The number of hydrogen-bond acceptors (Lipinski definition) is 23. The molecule has 554 valence electrons. The van der Waals surface area contributed by atoms with Gasteiger partial charge < -0.3 is 47.4 Å². The zero-order chi connectivity index (χ0) is 72.4. The van der Waals surface area contributed by atoms with Gasteiger partial charge in [0.25, 0.3) is 0 Å². The molecule has 2 aromatic rings. The molecule has 0 aliphatic carbocycles. The number of carbonyl (C=O) groups excluding carboxylic acids is 10. The van der Waals surface area contributed by atoms with E-state index < -0.39 is 119 Å². The van der Waals surface area contributed by atoms with Gasteiger partial charge in [0, 0.05) is 61.1 Å². The predicted octanol–water partition coefficient (Wildman–Crippen LogP) is 1.03. The molecule has 2 aromatic carbocycles. The predicted molar refractivity (Wildman–Crippen MR) is 384 cm³/mol. The number of Topliss-reactive ketones (excluding diaryl/α,β-unsaturated/α-hetero) is 1. The molecular weight excluding hydrogens is 1460 g/mol. The molecule has 6 heterocycles. The number of benzene rings is 2. The molecule has 6 aliphatic heterocycles. The van der Waals surface area contributed by atoms with Gasteiger partial charge in [-0.2, -0.15) is 35.3 Å². The molecule has 6 aliphatic rings. The van der Waals surface area contributed by atoms with Crippen LogP contribution in [0.3, 0.4) is 0 Å². The van der Waals surface area contributed by atoms with E-state index in [1.807, 2.05) is 9.80 Å². The Hall–Kier alpha value is -5.97. The maximum atomic E-state index is 14.8. The first kappa shape index (κ1) is 80.7. The number of aliphatic hydroxyl groups is 1. The summed E-state index contributed by atoms with van der Waals surface area (Å²) >= 11 is 0.569. The Morgan fingerprint density at radius 2 is 1.33 bits per heavy atom. The fourth-order valence-corrected chi connectivity index (χ4v) is 19.2. The minimum absolute atomic E-state index is 0.0108. The number of amides is 7. The third-order valence-corrected chi connectivity index (χ3v) is 26.1. The number of carbonyl (C=O) groups is 11. The first-order valence-electron chi connectivity index (χ1n) is 35.3. The van der Waals surface area contributed by atoms with E-state index in [-0.39, 0.29) is 74.8 Å². The van der Waals surface area contributed by atoms with E-state index in [9.17, 15) is 63.0 Å². The standard InChI is InChI=1S/C69H104N12O16S3.In/c1-4-5-7-18-60(86)71-52-37-80-21-10-17-58(80)68(95)81-22-11-16-57(81)66(93)75-63(47(3)83)67(94)72-54(19-20-59(70)85)64(91)73-55(35-48-13-8-6-9-14-48)65(92)74-56(69(96)97)45-100-43-51-33-49(32-50(34-51)42-99-44-52)41-98-31-12-15-53(84)38-77-25-23-76(36-46(2)82)24-27-78(39-61(87)88)29-30-79(28-26-77)40-62(89)90;/h6,8-9,13-14,32-34,47,52,54-58,63,82-83H,2,4-5,7,10-12,15-31,35-45H2,1,3H3,(H2,70,85)(H,71,86)(H,72,94)(H,73,91)(H,74,92)(H,75,93)(H,87,88)(H,89,90)(H,96,97);/q;+3/p-3/t47-,52-,54+,55+,56+,57+,58+,63+;/m1./s1. The summed E-state index contributed by atoms with van der Waals surface area (Å²) in [5, 5.41) is 35.4. The van der Waals surface area contributed by atoms with Crippen molar-refractivity contribution in [3.05, 3.63) is 83.1 Å². The molecule has 28 nitrogen and oxygen atoms in total. The summed E-state index contributed by atoms with van der Waals surface area (Å²) in [5.74, 6) is -3.92. The Balaban J connectivity index is 1.00. The van der Waals surface area contributed by atoms with E-state index in [4.69, 9.17) is 14.3 Å². The second kappa shape index (κ2) is 41.5. The van der Waals surface area contributed by atoms with Crippen molar-refractivity contribution in [2.45, 2.75) is 163 Å². The van der Waals surface area contributed by atoms with Crippen LogP contribution in [0.5, 0.6) is 0 Å². The molecule has 11 atom stereocenters. The number of nitrogens with two attached hydrogens (primary N) is 1. The van der Waals surface area contributed by atoms with Gasteiger partial charge in [-0.15, -0.1) is 0 Å². The van der Waals surface area contributed by atoms with Gasteiger partial charge >= 0.3 is 198 Å². The van der Waals surface area contributed by atoms with Crippen molar-refractivity contribution in [1.82, 2.24) is 56.0 Å². The zero-order valence-corrected chi connectivity index (χ0v) is 63.9. The number of thioether (sulfide) groups is 3. The number of carboxylic acid groups (broad SMARTS) is 1. The summed E-state index contributed by atoms with van der Waals surface area (Å²) in [4.78, 5) is 163. The van der Waals surface area contributed by atoms with Crippen molar-refractivity contribution in [3.63, 3.8) is 0 Å². The van der Waals surface area contributed by atoms with Crippen molar-refractivity contribution in [1.29, 1.82) is 0 Å². The molecule has 5 saturated heterocycles. The van der Waals surface area contributed by atoms with Crippen LogP contribution >= 0.6 is 35.3 Å². The summed E-state index contributed by atoms with van der Waals surface area (Å²) in [7, 11) is 0. The third-order valence-electron chi connectivity index (χ3n) is 18.6. The van der Waals surface area contributed by atoms with Crippen LogP contribution in [0.2, 0.25) is 0 Å². The van der Waals surface area contributed by atoms with Crippen LogP contribution in [-0.4, -0.2) is 291 Å². The van der Waals surface area contributed by atoms with Gasteiger partial charge in [-0.1, -0.05) is 68.3 Å². The average Bonchev–Trinajstić information content (AvgIpc) is 1.73. The summed E-state index contributed by atoms with van der Waals surface area (Å²) < 4.78 is 17.2. The van der Waals surface area contributed by atoms with Crippen molar-refractivity contribution < 1.29 is 71.5 Å². The number of nitrogens with one attached hydrogen (secondary N) is 5. The quantitative estimate of drug-likeness (QED) is 0.0858. The Kier molecular flexibility index (Phi) is 33.2. The topological polar surface area (TPSA) is 362 Å². The number of ketones is 1. The summed E-state index contributed by atoms with van der Waals surface area (Å²) in [6, 6.07) is 6.93. The van der Waals surface area contributed by atoms with E-state index >= 15 is 0 Å². The van der Waals surface area contributed by atoms with Crippen molar-refractivity contribution in [2.75, 3.05) is 115 Å². The van der Waals surface area contributed by atoms with Crippen LogP contribution in [0.25, 0.3) is 0 Å². The number of aliphatic carboxylic acids is 1. The Labute approximate surface area is 613 Å². The minimum atomic E-state index is -4.04. The van der Waals surface area contributed by atoms with Gasteiger partial charge in [0.2, 0.25) is 41.4 Å². The second-order valence-electron chi connectivity index (χ2n) is 26.9. The average molecular weight is 1570 g/mol. The molecule has 7 amide bonds. The van der Waals surface area contributed by atoms with Crippen molar-refractivity contribution >= 4 is 123 Å². The van der Waals surface area contributed by atoms with Crippen molar-refractivity contribution in [3.8, 4) is 0 Å². The molecule has 0 aromatic heterocycles. The number of aliphatic hydroxyl groups excluding tert-OH is 1. The molecule has 3 unspecified atom stereocenters. The Morgan fingerprint density at radius 1 is 0.703 bits per heavy atom. The number of hydrogen-bond donors (Lipinski definition) is 8. The van der Waals surface area contributed by atoms with E-state index in [2.05, 4.69) is 73.0 Å². The van der Waals surface area contributed by atoms with Gasteiger partial charge in [0.15, 0.2) is 0 Å². The van der Waals surface area contributed by atoms with E-state index in [1.54, 1.807) is 53.9 Å². The van der Waals surface area contributed by atoms with E-state index in [0.29, 0.717) is 151 Å². The van der Waals surface area contributed by atoms with Gasteiger partial charge in [-0.25, -0.2) is 4.79 Å². The normalized spacial score (nSPS) is 26.7. The molecule has 32 heteroatoms. The maximum absolute atomic E-state index is 14.8. The summed E-state index contributed by atoms with van der Waals surface area (Å²) in [6.45, 7) is 13.7. The molecule has 5 fully saturated rings. The summed E-state index contributed by atoms with van der Waals surface area (Å²) in [6.07, 6.45) is 3.48. The molecule has 0 spiro atoms. The number of fused-ring (bicyclic) bond motifs is 11. The van der Waals surface area contributed by atoms with Crippen molar-refractivity contribution in [2.24, 2.45) is 5.73 Å². The van der Waals surface area contributed by atoms with Gasteiger partial charge in [0.05, 0.1) is 18.2 Å². The Bertz CT molecular complexity index is 3160. The molecule has 0 radical (unpaired) electrons. The molecular formula is C69H101InN12O16S3. The SMILES string of the molecule is C=C1CN2CCN(CC(=O)CCCSCc3cc4cc(c3)CSC[C@@H](C(=O)O)NC(=O)[C@H](Cc3ccccc3)NC(=O)[C@H](CCC(N)=O)NC(=O)[C@H]([C@@H](C)O)NC(=O)[C@@H]3CCCN3C(=O)[C@@H]3CCCN3C[C@@H](NC(=O)CCCCC)CSC4)CCN3CCN(CC2)CC(=O)[O][In]([O]1)[O]C(=O)C3. The monoisotopic (exact) mass is 1560 g/mol. The number of unbranched alkanes of at least 4 members (excludes halogenated alkanes) is 2. The second-order valence-corrected chi connectivity index (χ2v) is 33.8. The number of rotatable bonds is 20. The van der Waals surface area contributed by atoms with Crippen LogP contribution in [0.4, 0.5) is 0 Å².